The summed E-state index contributed by atoms with van der Waals surface area (Å²) in [5.41, 5.74) is 0. The van der Waals surface area contributed by atoms with Gasteiger partial charge in [-0.2, -0.15) is 0 Å². The monoisotopic (exact) mass is 352 g/mol. The lowest BCUT2D eigenvalue weighted by atomic mass is 10.0. The van der Waals surface area contributed by atoms with E-state index in [1.165, 1.54) is 11.3 Å². The van der Waals surface area contributed by atoms with Crippen molar-refractivity contribution in [2.75, 3.05) is 13.6 Å². The summed E-state index contributed by atoms with van der Waals surface area (Å²) in [7, 11) is 1.88. The highest BCUT2D eigenvalue weighted by atomic mass is 79.9. The average molecular weight is 354 g/mol. The lowest BCUT2D eigenvalue weighted by Crippen LogP contribution is -2.46. The van der Waals surface area contributed by atoms with Crippen molar-refractivity contribution in [3.63, 3.8) is 0 Å². The second-order valence-electron chi connectivity index (χ2n) is 4.40. The average Bonchev–Trinajstić information content (AvgIpc) is 2.75. The highest BCUT2D eigenvalue weighted by molar-refractivity contribution is 9.11. The Kier molecular flexibility index (Phi) is 6.63. The summed E-state index contributed by atoms with van der Waals surface area (Å²) in [6, 6.07) is 4.11. The molecule has 0 radical (unpaired) electrons. The van der Waals surface area contributed by atoms with Gasteiger partial charge in [-0.05, 0) is 47.4 Å². The molecule has 1 unspecified atom stereocenters. The van der Waals surface area contributed by atoms with Crippen molar-refractivity contribution in [3.8, 4) is 0 Å². The van der Waals surface area contributed by atoms with Crippen LogP contribution in [0, 0.1) is 0 Å². The lowest BCUT2D eigenvalue weighted by molar-refractivity contribution is -0.133. The van der Waals surface area contributed by atoms with Crippen LogP contribution in [0.15, 0.2) is 15.9 Å². The number of halogens is 2. The molecule has 1 fully saturated rings. The minimum absolute atomic E-state index is 0. The number of carbonyl (C=O) groups excluding carboxylic acids is 1. The highest BCUT2D eigenvalue weighted by Crippen LogP contribution is 2.23. The molecule has 1 N–H and O–H groups in total. The number of likely N-dealkylation sites (N-methyl/N-ethyl adjacent to an activating group) is 1. The molecule has 0 aliphatic carbocycles. The Morgan fingerprint density at radius 3 is 2.89 bits per heavy atom. The molecule has 1 saturated heterocycles. The van der Waals surface area contributed by atoms with Crippen molar-refractivity contribution in [3.05, 3.63) is 20.8 Å². The molecule has 1 aromatic heterocycles. The molecule has 3 nitrogen and oxygen atoms in total. The van der Waals surface area contributed by atoms with Crippen LogP contribution in [0.4, 0.5) is 0 Å². The van der Waals surface area contributed by atoms with E-state index in [1.807, 2.05) is 18.0 Å². The molecule has 0 spiro atoms. The number of nitrogens with one attached hydrogen (secondary N) is 1. The first kappa shape index (κ1) is 16.0. The van der Waals surface area contributed by atoms with Crippen LogP contribution in [0.2, 0.25) is 0 Å². The second kappa shape index (κ2) is 7.48. The third kappa shape index (κ3) is 4.23. The predicted octanol–water partition coefficient (Wildman–Crippen LogP) is 3.03. The standard InChI is InChI=1S/C12H17BrN2OS.ClH/c1-15(8-9-5-6-11(13)17-9)12(16)10-4-2-3-7-14-10;/h5-6,10,14H,2-4,7-8H2,1H3;1H. The fraction of sp³-hybridized carbons (Fsp3) is 0.583. The zero-order valence-corrected chi connectivity index (χ0v) is 13.5. The van der Waals surface area contributed by atoms with Gasteiger partial charge < -0.3 is 10.2 Å². The van der Waals surface area contributed by atoms with E-state index in [9.17, 15) is 4.79 Å². The molecule has 1 aromatic rings. The van der Waals surface area contributed by atoms with Gasteiger partial charge in [0, 0.05) is 11.9 Å². The van der Waals surface area contributed by atoms with Crippen LogP contribution in [0.5, 0.6) is 0 Å². The summed E-state index contributed by atoms with van der Waals surface area (Å²) >= 11 is 5.12. The molecule has 0 aromatic carbocycles. The highest BCUT2D eigenvalue weighted by Gasteiger charge is 2.23. The number of carbonyl (C=O) groups is 1. The van der Waals surface area contributed by atoms with Gasteiger partial charge in [-0.15, -0.1) is 23.7 Å². The smallest absolute Gasteiger partial charge is 0.239 e. The van der Waals surface area contributed by atoms with Gasteiger partial charge in [-0.3, -0.25) is 4.79 Å². The van der Waals surface area contributed by atoms with E-state index in [2.05, 4.69) is 27.3 Å². The lowest BCUT2D eigenvalue weighted by Gasteiger charge is -2.27. The molecule has 102 valence electrons. The van der Waals surface area contributed by atoms with Gasteiger partial charge >= 0.3 is 0 Å². The summed E-state index contributed by atoms with van der Waals surface area (Å²) in [4.78, 5) is 15.2. The molecule has 2 heterocycles. The molecule has 1 amide bonds. The second-order valence-corrected chi connectivity index (χ2v) is 6.95. The number of hydrogen-bond acceptors (Lipinski definition) is 3. The van der Waals surface area contributed by atoms with Gasteiger partial charge in [-0.25, -0.2) is 0 Å². The van der Waals surface area contributed by atoms with Gasteiger partial charge in [0.1, 0.15) is 0 Å². The number of thiophene rings is 1. The molecule has 1 aliphatic heterocycles. The van der Waals surface area contributed by atoms with Crippen molar-refractivity contribution in [2.24, 2.45) is 0 Å². The summed E-state index contributed by atoms with van der Waals surface area (Å²) in [5, 5.41) is 3.29. The maximum absolute atomic E-state index is 12.2. The Hall–Kier alpha value is -0.100. The Labute approximate surface area is 126 Å². The quantitative estimate of drug-likeness (QED) is 0.906. The largest absolute Gasteiger partial charge is 0.339 e. The Bertz CT molecular complexity index is 393. The third-order valence-electron chi connectivity index (χ3n) is 3.01. The van der Waals surface area contributed by atoms with Crippen molar-refractivity contribution < 1.29 is 4.79 Å². The van der Waals surface area contributed by atoms with Crippen molar-refractivity contribution in [1.82, 2.24) is 10.2 Å². The Balaban J connectivity index is 0.00000162. The molecule has 1 atom stereocenters. The first-order valence-electron chi connectivity index (χ1n) is 5.89. The fourth-order valence-corrected chi connectivity index (χ4v) is 3.61. The van der Waals surface area contributed by atoms with E-state index in [1.54, 1.807) is 11.3 Å². The SMILES string of the molecule is CN(Cc1ccc(Br)s1)C(=O)C1CCCCN1.Cl. The molecular weight excluding hydrogens is 336 g/mol. The molecule has 6 heteroatoms. The van der Waals surface area contributed by atoms with Crippen LogP contribution in [0.3, 0.4) is 0 Å². The first-order valence-corrected chi connectivity index (χ1v) is 7.50. The predicted molar refractivity (Wildman–Crippen MR) is 81.4 cm³/mol. The Morgan fingerprint density at radius 2 is 2.33 bits per heavy atom. The summed E-state index contributed by atoms with van der Waals surface area (Å²) in [6.07, 6.45) is 3.31. The topological polar surface area (TPSA) is 32.3 Å². The number of piperidine rings is 1. The van der Waals surface area contributed by atoms with E-state index in [-0.39, 0.29) is 24.4 Å². The third-order valence-corrected chi connectivity index (χ3v) is 4.61. The van der Waals surface area contributed by atoms with E-state index < -0.39 is 0 Å². The van der Waals surface area contributed by atoms with Crippen molar-refractivity contribution >= 4 is 45.6 Å². The summed E-state index contributed by atoms with van der Waals surface area (Å²) < 4.78 is 1.11. The number of rotatable bonds is 3. The number of hydrogen-bond donors (Lipinski definition) is 1. The Morgan fingerprint density at radius 1 is 1.56 bits per heavy atom. The molecule has 0 saturated carbocycles. The maximum atomic E-state index is 12.2. The number of amides is 1. The maximum Gasteiger partial charge on any atom is 0.239 e. The zero-order valence-electron chi connectivity index (χ0n) is 10.3. The van der Waals surface area contributed by atoms with Crippen LogP contribution < -0.4 is 5.32 Å². The summed E-state index contributed by atoms with van der Waals surface area (Å²) in [5.74, 6) is 0.217. The van der Waals surface area contributed by atoms with Crippen molar-refractivity contribution in [2.45, 2.75) is 31.8 Å². The fourth-order valence-electron chi connectivity index (χ4n) is 2.08. The number of nitrogens with zero attached hydrogens (tertiary/aromatic N) is 1. The van der Waals surface area contributed by atoms with Crippen LogP contribution in [-0.2, 0) is 11.3 Å². The van der Waals surface area contributed by atoms with Crippen molar-refractivity contribution in [1.29, 1.82) is 0 Å². The van der Waals surface area contributed by atoms with Gasteiger partial charge in [0.2, 0.25) is 5.91 Å². The van der Waals surface area contributed by atoms with E-state index in [0.717, 1.165) is 23.2 Å². The van der Waals surface area contributed by atoms with Crippen LogP contribution >= 0.6 is 39.7 Å². The molecule has 2 rings (SSSR count). The zero-order chi connectivity index (χ0) is 12.3. The van der Waals surface area contributed by atoms with Crippen LogP contribution in [0.1, 0.15) is 24.1 Å². The van der Waals surface area contributed by atoms with E-state index in [4.69, 9.17) is 0 Å². The minimum Gasteiger partial charge on any atom is -0.339 e. The van der Waals surface area contributed by atoms with Gasteiger partial charge in [0.15, 0.2) is 0 Å². The van der Waals surface area contributed by atoms with Crippen LogP contribution in [-0.4, -0.2) is 30.4 Å². The van der Waals surface area contributed by atoms with Crippen LogP contribution in [0.25, 0.3) is 0 Å². The molecular formula is C12H18BrClN2OS. The van der Waals surface area contributed by atoms with Gasteiger partial charge in [0.05, 0.1) is 16.4 Å². The summed E-state index contributed by atoms with van der Waals surface area (Å²) in [6.45, 7) is 1.67. The van der Waals surface area contributed by atoms with Gasteiger partial charge in [-0.1, -0.05) is 6.42 Å². The normalized spacial score (nSPS) is 19.1. The van der Waals surface area contributed by atoms with E-state index in [0.29, 0.717) is 6.54 Å². The first-order chi connectivity index (χ1) is 8.16. The van der Waals surface area contributed by atoms with E-state index >= 15 is 0 Å². The molecule has 0 bridgehead atoms. The molecule has 18 heavy (non-hydrogen) atoms. The molecule has 1 aliphatic rings. The minimum atomic E-state index is 0. The van der Waals surface area contributed by atoms with Gasteiger partial charge in [0.25, 0.3) is 0 Å².